The Labute approximate surface area is 123 Å². The van der Waals surface area contributed by atoms with Gasteiger partial charge in [0.05, 0.1) is 33.0 Å². The van der Waals surface area contributed by atoms with Crippen molar-refractivity contribution in [3.63, 3.8) is 0 Å². The van der Waals surface area contributed by atoms with Gasteiger partial charge in [-0.3, -0.25) is 0 Å². The monoisotopic (exact) mass is 292 g/mol. The normalized spacial score (nSPS) is 11.5. The number of anilines is 1. The van der Waals surface area contributed by atoms with Crippen LogP contribution in [0, 0.1) is 0 Å². The highest BCUT2D eigenvalue weighted by molar-refractivity contribution is 5.94. The van der Waals surface area contributed by atoms with Crippen molar-refractivity contribution in [2.24, 2.45) is 0 Å². The topological polar surface area (TPSA) is 83.8 Å². The van der Waals surface area contributed by atoms with E-state index in [1.165, 1.54) is 0 Å². The molecule has 0 aliphatic heterocycles. The van der Waals surface area contributed by atoms with Crippen LogP contribution in [0.3, 0.4) is 0 Å². The molecular formula is C15H20N2O4. The predicted molar refractivity (Wildman–Crippen MR) is 81.0 cm³/mol. The van der Waals surface area contributed by atoms with E-state index in [0.717, 1.165) is 10.8 Å². The van der Waals surface area contributed by atoms with Gasteiger partial charge in [0.15, 0.2) is 11.5 Å². The Bertz CT molecular complexity index is 626. The van der Waals surface area contributed by atoms with Gasteiger partial charge in [0.2, 0.25) is 0 Å². The van der Waals surface area contributed by atoms with Crippen LogP contribution < -0.4 is 14.8 Å². The zero-order valence-electron chi connectivity index (χ0n) is 12.4. The maximum atomic E-state index is 9.41. The van der Waals surface area contributed by atoms with Crippen LogP contribution in [0.5, 0.6) is 11.5 Å². The second-order valence-corrected chi connectivity index (χ2v) is 5.09. The largest absolute Gasteiger partial charge is 0.493 e. The number of pyridine rings is 1. The van der Waals surface area contributed by atoms with Crippen molar-refractivity contribution >= 4 is 16.6 Å². The zero-order chi connectivity index (χ0) is 15.5. The first-order valence-electron chi connectivity index (χ1n) is 6.57. The van der Waals surface area contributed by atoms with Gasteiger partial charge in [-0.2, -0.15) is 0 Å². The lowest BCUT2D eigenvalue weighted by Gasteiger charge is -2.27. The number of benzene rings is 1. The second kappa shape index (κ2) is 6.15. The highest BCUT2D eigenvalue weighted by Gasteiger charge is 2.23. The Balaban J connectivity index is 2.54. The molecule has 6 nitrogen and oxygen atoms in total. The Hall–Kier alpha value is -2.05. The maximum Gasteiger partial charge on any atom is 0.161 e. The number of ether oxygens (including phenoxy) is 2. The number of nitrogens with one attached hydrogen (secondary N) is 1. The number of aliphatic hydroxyl groups excluding tert-OH is 2. The minimum Gasteiger partial charge on any atom is -0.493 e. The van der Waals surface area contributed by atoms with Crippen LogP contribution in [0.1, 0.15) is 6.92 Å². The van der Waals surface area contributed by atoms with Crippen molar-refractivity contribution in [2.45, 2.75) is 12.5 Å². The summed E-state index contributed by atoms with van der Waals surface area (Å²) in [5, 5.41) is 23.6. The van der Waals surface area contributed by atoms with E-state index in [-0.39, 0.29) is 13.2 Å². The molecule has 0 radical (unpaired) electrons. The van der Waals surface area contributed by atoms with Gasteiger partial charge in [-0.25, -0.2) is 4.98 Å². The van der Waals surface area contributed by atoms with Gasteiger partial charge in [-0.05, 0) is 30.5 Å². The minimum atomic E-state index is -0.853. The summed E-state index contributed by atoms with van der Waals surface area (Å²) in [7, 11) is 3.15. The first-order chi connectivity index (χ1) is 10.1. The van der Waals surface area contributed by atoms with Crippen molar-refractivity contribution in [2.75, 3.05) is 32.8 Å². The molecule has 2 aromatic rings. The highest BCUT2D eigenvalue weighted by Crippen LogP contribution is 2.35. The standard InChI is InChI=1S/C15H20N2O4/c1-15(8-18,9-19)17-14-11-7-13(21-3)12(20-2)6-10(11)4-5-16-14/h4-7,18-19H,8-9H2,1-3H3,(H,16,17). The zero-order valence-corrected chi connectivity index (χ0v) is 12.4. The molecule has 0 bridgehead atoms. The molecule has 0 aliphatic carbocycles. The summed E-state index contributed by atoms with van der Waals surface area (Å²) in [5.74, 6) is 1.80. The smallest absolute Gasteiger partial charge is 0.161 e. The quantitative estimate of drug-likeness (QED) is 0.746. The number of nitrogens with zero attached hydrogens (tertiary/aromatic N) is 1. The Morgan fingerprint density at radius 2 is 1.76 bits per heavy atom. The average molecular weight is 292 g/mol. The summed E-state index contributed by atoms with van der Waals surface area (Å²) in [5.41, 5.74) is -0.853. The van der Waals surface area contributed by atoms with Gasteiger partial charge >= 0.3 is 0 Å². The lowest BCUT2D eigenvalue weighted by Crippen LogP contribution is -2.42. The van der Waals surface area contributed by atoms with E-state index in [0.29, 0.717) is 17.3 Å². The van der Waals surface area contributed by atoms with E-state index >= 15 is 0 Å². The van der Waals surface area contributed by atoms with E-state index in [9.17, 15) is 10.2 Å². The fourth-order valence-corrected chi connectivity index (χ4v) is 2.01. The number of hydrogen-bond acceptors (Lipinski definition) is 6. The Morgan fingerprint density at radius 1 is 1.14 bits per heavy atom. The van der Waals surface area contributed by atoms with Gasteiger partial charge < -0.3 is 25.0 Å². The molecule has 3 N–H and O–H groups in total. The van der Waals surface area contributed by atoms with E-state index in [2.05, 4.69) is 10.3 Å². The van der Waals surface area contributed by atoms with Crippen molar-refractivity contribution in [3.05, 3.63) is 24.4 Å². The summed E-state index contributed by atoms with van der Waals surface area (Å²) < 4.78 is 10.6. The number of aliphatic hydroxyl groups is 2. The lowest BCUT2D eigenvalue weighted by molar-refractivity contribution is 0.147. The van der Waals surface area contributed by atoms with Crippen LogP contribution >= 0.6 is 0 Å². The SMILES string of the molecule is COc1cc2ccnc(NC(C)(CO)CO)c2cc1OC. The molecule has 1 aromatic heterocycles. The van der Waals surface area contributed by atoms with Gasteiger partial charge in [-0.1, -0.05) is 0 Å². The molecule has 2 rings (SSSR count). The molecule has 114 valence electrons. The highest BCUT2D eigenvalue weighted by atomic mass is 16.5. The molecule has 6 heteroatoms. The van der Waals surface area contributed by atoms with Crippen molar-refractivity contribution in [1.82, 2.24) is 4.98 Å². The molecule has 0 saturated carbocycles. The van der Waals surface area contributed by atoms with Crippen LogP contribution in [0.25, 0.3) is 10.8 Å². The third-order valence-electron chi connectivity index (χ3n) is 3.39. The van der Waals surface area contributed by atoms with E-state index in [1.54, 1.807) is 27.3 Å². The third kappa shape index (κ3) is 3.01. The predicted octanol–water partition coefficient (Wildman–Crippen LogP) is 1.41. The lowest BCUT2D eigenvalue weighted by atomic mass is 10.0. The van der Waals surface area contributed by atoms with Gasteiger partial charge in [0.25, 0.3) is 0 Å². The molecule has 0 aliphatic rings. The second-order valence-electron chi connectivity index (χ2n) is 5.09. The van der Waals surface area contributed by atoms with E-state index in [4.69, 9.17) is 9.47 Å². The molecule has 1 heterocycles. The van der Waals surface area contributed by atoms with Crippen LogP contribution in [-0.2, 0) is 0 Å². The first-order valence-corrected chi connectivity index (χ1v) is 6.57. The Kier molecular flexibility index (Phi) is 4.50. The van der Waals surface area contributed by atoms with E-state index < -0.39 is 5.54 Å². The number of hydrogen-bond donors (Lipinski definition) is 3. The minimum absolute atomic E-state index is 0.213. The van der Waals surface area contributed by atoms with Crippen molar-refractivity contribution in [1.29, 1.82) is 0 Å². The number of rotatable bonds is 6. The van der Waals surface area contributed by atoms with E-state index in [1.807, 2.05) is 18.2 Å². The summed E-state index contributed by atoms with van der Waals surface area (Å²) in [6, 6.07) is 5.53. The molecular weight excluding hydrogens is 272 g/mol. The molecule has 0 spiro atoms. The molecule has 1 aromatic carbocycles. The summed E-state index contributed by atoms with van der Waals surface area (Å²) in [6.45, 7) is 1.29. The van der Waals surface area contributed by atoms with Gasteiger partial charge in [-0.15, -0.1) is 0 Å². The van der Waals surface area contributed by atoms with Crippen molar-refractivity contribution < 1.29 is 19.7 Å². The summed E-state index contributed by atoms with van der Waals surface area (Å²) in [4.78, 5) is 4.29. The molecule has 0 amide bonds. The number of fused-ring (bicyclic) bond motifs is 1. The maximum absolute atomic E-state index is 9.41. The van der Waals surface area contributed by atoms with Crippen LogP contribution in [0.4, 0.5) is 5.82 Å². The fourth-order valence-electron chi connectivity index (χ4n) is 2.01. The van der Waals surface area contributed by atoms with Crippen LogP contribution in [0.2, 0.25) is 0 Å². The molecule has 0 unspecified atom stereocenters. The van der Waals surface area contributed by atoms with Crippen molar-refractivity contribution in [3.8, 4) is 11.5 Å². The molecule has 21 heavy (non-hydrogen) atoms. The molecule has 0 fully saturated rings. The fraction of sp³-hybridized carbons (Fsp3) is 0.400. The van der Waals surface area contributed by atoms with Crippen LogP contribution in [-0.4, -0.2) is 48.2 Å². The molecule has 0 saturated heterocycles. The van der Waals surface area contributed by atoms with Gasteiger partial charge in [0, 0.05) is 11.6 Å². The number of aromatic nitrogens is 1. The third-order valence-corrected chi connectivity index (χ3v) is 3.39. The van der Waals surface area contributed by atoms with Crippen LogP contribution in [0.15, 0.2) is 24.4 Å². The average Bonchev–Trinajstić information content (AvgIpc) is 2.53. The summed E-state index contributed by atoms with van der Waals surface area (Å²) >= 11 is 0. The van der Waals surface area contributed by atoms with Gasteiger partial charge in [0.1, 0.15) is 5.82 Å². The Morgan fingerprint density at radius 3 is 2.33 bits per heavy atom. The molecule has 0 atom stereocenters. The number of methoxy groups -OCH3 is 2. The first kappa shape index (κ1) is 15.3. The summed E-state index contributed by atoms with van der Waals surface area (Å²) in [6.07, 6.45) is 1.66.